The number of hydrogen-bond acceptors (Lipinski definition) is 2. The van der Waals surface area contributed by atoms with Gasteiger partial charge in [-0.3, -0.25) is 0 Å². The molecular formula is C19H27F6NS. The second-order valence-electron chi connectivity index (χ2n) is 6.52. The van der Waals surface area contributed by atoms with Crippen LogP contribution in [0.1, 0.15) is 69.9 Å². The van der Waals surface area contributed by atoms with Crippen LogP contribution in [0.2, 0.25) is 0 Å². The highest BCUT2D eigenvalue weighted by Gasteiger charge is 2.36. The summed E-state index contributed by atoms with van der Waals surface area (Å²) in [5.74, 6) is 0.270. The summed E-state index contributed by atoms with van der Waals surface area (Å²) >= 11 is 1.53. The maximum Gasteiger partial charge on any atom is 0.416 e. The summed E-state index contributed by atoms with van der Waals surface area (Å²) in [6, 6.07) is 1.59. The van der Waals surface area contributed by atoms with Gasteiger partial charge in [-0.05, 0) is 31.0 Å². The smallest absolute Gasteiger partial charge is 0.376 e. The Balaban J connectivity index is 2.64. The third kappa shape index (κ3) is 9.12. The first-order valence-corrected chi connectivity index (χ1v) is 10.3. The highest BCUT2D eigenvalue weighted by molar-refractivity contribution is 7.99. The van der Waals surface area contributed by atoms with Gasteiger partial charge >= 0.3 is 12.4 Å². The minimum atomic E-state index is -4.82. The van der Waals surface area contributed by atoms with Gasteiger partial charge in [0.25, 0.3) is 0 Å². The highest BCUT2D eigenvalue weighted by atomic mass is 32.2. The van der Waals surface area contributed by atoms with E-state index in [0.29, 0.717) is 5.25 Å². The van der Waals surface area contributed by atoms with E-state index < -0.39 is 23.5 Å². The summed E-state index contributed by atoms with van der Waals surface area (Å²) in [7, 11) is 0. The Labute approximate surface area is 161 Å². The fraction of sp³-hybridized carbons (Fsp3) is 0.684. The minimum absolute atomic E-state index is 0.142. The van der Waals surface area contributed by atoms with Crippen LogP contribution in [-0.2, 0) is 12.4 Å². The number of hydrogen-bond donors (Lipinski definition) is 1. The van der Waals surface area contributed by atoms with E-state index in [1.807, 2.05) is 6.92 Å². The molecule has 1 rings (SSSR count). The lowest BCUT2D eigenvalue weighted by Crippen LogP contribution is -2.13. The lowest BCUT2D eigenvalue weighted by atomic mass is 10.1. The molecule has 156 valence electrons. The molecule has 0 saturated carbocycles. The molecule has 1 aromatic carbocycles. The Kier molecular flexibility index (Phi) is 9.84. The number of unbranched alkanes of at least 4 members (excludes halogenated alkanes) is 4. The zero-order chi connectivity index (χ0) is 20.5. The summed E-state index contributed by atoms with van der Waals surface area (Å²) in [4.78, 5) is 0. The van der Waals surface area contributed by atoms with E-state index >= 15 is 0 Å². The number of halogens is 6. The van der Waals surface area contributed by atoms with Crippen LogP contribution in [-0.4, -0.2) is 11.1 Å². The van der Waals surface area contributed by atoms with Crippen molar-refractivity contribution in [3.63, 3.8) is 0 Å². The average molecular weight is 415 g/mol. The Morgan fingerprint density at radius 3 is 1.89 bits per heavy atom. The molecule has 0 saturated heterocycles. The molecule has 0 aliphatic heterocycles. The van der Waals surface area contributed by atoms with Gasteiger partial charge in [0.1, 0.15) is 0 Å². The lowest BCUT2D eigenvalue weighted by molar-refractivity contribution is -0.143. The van der Waals surface area contributed by atoms with Gasteiger partial charge in [-0.15, -0.1) is 11.8 Å². The first-order valence-electron chi connectivity index (χ1n) is 9.22. The zero-order valence-electron chi connectivity index (χ0n) is 15.6. The van der Waals surface area contributed by atoms with Crippen LogP contribution in [0, 0.1) is 0 Å². The first-order chi connectivity index (χ1) is 12.6. The van der Waals surface area contributed by atoms with Gasteiger partial charge in [0.2, 0.25) is 0 Å². The van der Waals surface area contributed by atoms with E-state index in [1.165, 1.54) is 31.0 Å². The van der Waals surface area contributed by atoms with Crippen LogP contribution in [0.25, 0.3) is 0 Å². The molecule has 0 bridgehead atoms. The summed E-state index contributed by atoms with van der Waals surface area (Å²) < 4.78 is 77.2. The molecule has 0 spiro atoms. The average Bonchev–Trinajstić information content (AvgIpc) is 2.58. The van der Waals surface area contributed by atoms with Crippen LogP contribution in [0.4, 0.5) is 32.0 Å². The van der Waals surface area contributed by atoms with Crippen LogP contribution < -0.4 is 5.32 Å². The zero-order valence-corrected chi connectivity index (χ0v) is 16.5. The van der Waals surface area contributed by atoms with Gasteiger partial charge in [-0.25, -0.2) is 0 Å². The molecule has 1 aromatic rings. The van der Waals surface area contributed by atoms with Gasteiger partial charge < -0.3 is 5.32 Å². The van der Waals surface area contributed by atoms with Crippen molar-refractivity contribution < 1.29 is 26.3 Å². The van der Waals surface area contributed by atoms with Crippen molar-refractivity contribution in [3.8, 4) is 0 Å². The molecule has 1 atom stereocenters. The van der Waals surface area contributed by atoms with Crippen LogP contribution >= 0.6 is 11.8 Å². The number of benzene rings is 1. The third-order valence-electron chi connectivity index (χ3n) is 4.27. The number of thioether (sulfide) groups is 1. The standard InChI is InChI=1S/C19H27F6NS/c1-3-5-6-7-8-9-17(4-2)27-13-26-16-11-14(18(20,21)22)10-15(12-16)19(23,24)25/h10-12,17,26H,3-9,13H2,1-2H3/t17-/m0/s1. The Morgan fingerprint density at radius 2 is 1.41 bits per heavy atom. The van der Waals surface area contributed by atoms with Gasteiger partial charge in [0.15, 0.2) is 0 Å². The predicted molar refractivity (Wildman–Crippen MR) is 100.0 cm³/mol. The van der Waals surface area contributed by atoms with E-state index in [4.69, 9.17) is 0 Å². The molecular weight excluding hydrogens is 388 g/mol. The van der Waals surface area contributed by atoms with Crippen molar-refractivity contribution in [2.24, 2.45) is 0 Å². The van der Waals surface area contributed by atoms with Crippen LogP contribution in [0.5, 0.6) is 0 Å². The molecule has 0 amide bonds. The van der Waals surface area contributed by atoms with E-state index in [-0.39, 0.29) is 17.6 Å². The maximum absolute atomic E-state index is 12.9. The Hall–Kier alpha value is -1.05. The fourth-order valence-corrected chi connectivity index (χ4v) is 3.74. The summed E-state index contributed by atoms with van der Waals surface area (Å²) in [6.45, 7) is 4.18. The molecule has 0 unspecified atom stereocenters. The molecule has 0 fully saturated rings. The molecule has 1 nitrogen and oxygen atoms in total. The van der Waals surface area contributed by atoms with E-state index in [0.717, 1.165) is 37.8 Å². The van der Waals surface area contributed by atoms with Crippen molar-refractivity contribution in [1.29, 1.82) is 0 Å². The normalized spacial score (nSPS) is 13.6. The van der Waals surface area contributed by atoms with Gasteiger partial charge in [0, 0.05) is 10.9 Å². The van der Waals surface area contributed by atoms with Crippen molar-refractivity contribution in [2.75, 3.05) is 11.2 Å². The van der Waals surface area contributed by atoms with Gasteiger partial charge in [0.05, 0.1) is 17.0 Å². The monoisotopic (exact) mass is 415 g/mol. The maximum atomic E-state index is 12.9. The summed E-state index contributed by atoms with van der Waals surface area (Å²) in [6.07, 6.45) is -1.91. The van der Waals surface area contributed by atoms with Crippen molar-refractivity contribution >= 4 is 17.4 Å². The second-order valence-corrected chi connectivity index (χ2v) is 7.80. The highest BCUT2D eigenvalue weighted by Crippen LogP contribution is 2.37. The summed E-state index contributed by atoms with van der Waals surface area (Å²) in [5, 5.41) is 3.05. The fourth-order valence-electron chi connectivity index (χ4n) is 2.68. The molecule has 1 N–H and O–H groups in total. The van der Waals surface area contributed by atoms with Crippen molar-refractivity contribution in [2.45, 2.75) is 76.4 Å². The molecule has 0 aliphatic carbocycles. The number of nitrogens with one attached hydrogen (secondary N) is 1. The predicted octanol–water partition coefficient (Wildman–Crippen LogP) is 7.97. The number of anilines is 1. The Bertz CT molecular complexity index is 524. The van der Waals surface area contributed by atoms with Gasteiger partial charge in [-0.2, -0.15) is 26.3 Å². The van der Waals surface area contributed by atoms with Crippen molar-refractivity contribution in [1.82, 2.24) is 0 Å². The quantitative estimate of drug-likeness (QED) is 0.223. The number of rotatable bonds is 11. The number of alkyl halides is 6. The topological polar surface area (TPSA) is 12.0 Å². The van der Waals surface area contributed by atoms with Gasteiger partial charge in [-0.1, -0.05) is 46.0 Å². The SMILES string of the molecule is CCCCCCC[C@H](CC)SCNc1cc(C(F)(F)F)cc(C(F)(F)F)c1. The van der Waals surface area contributed by atoms with E-state index in [1.54, 1.807) is 0 Å². The van der Waals surface area contributed by atoms with E-state index in [9.17, 15) is 26.3 Å². The summed E-state index contributed by atoms with van der Waals surface area (Å²) in [5.41, 5.74) is -2.76. The van der Waals surface area contributed by atoms with E-state index in [2.05, 4.69) is 12.2 Å². The van der Waals surface area contributed by atoms with Crippen LogP contribution in [0.3, 0.4) is 0 Å². The minimum Gasteiger partial charge on any atom is -0.376 e. The lowest BCUT2D eigenvalue weighted by Gasteiger charge is -2.17. The molecule has 0 radical (unpaired) electrons. The molecule has 0 aromatic heterocycles. The largest absolute Gasteiger partial charge is 0.416 e. The molecule has 27 heavy (non-hydrogen) atoms. The molecule has 0 heterocycles. The molecule has 0 aliphatic rings. The van der Waals surface area contributed by atoms with Crippen LogP contribution in [0.15, 0.2) is 18.2 Å². The third-order valence-corrected chi connectivity index (χ3v) is 5.62. The Morgan fingerprint density at radius 1 is 0.852 bits per heavy atom. The molecule has 8 heteroatoms. The second kappa shape index (κ2) is 11.1. The first kappa shape index (κ1) is 24.0. The van der Waals surface area contributed by atoms with Crippen molar-refractivity contribution in [3.05, 3.63) is 29.3 Å².